The lowest BCUT2D eigenvalue weighted by molar-refractivity contribution is -0.117. The van der Waals surface area contributed by atoms with E-state index in [1.165, 1.54) is 4.68 Å². The van der Waals surface area contributed by atoms with Crippen LogP contribution in [0, 0.1) is 6.92 Å². The molecule has 0 bridgehead atoms. The summed E-state index contributed by atoms with van der Waals surface area (Å²) in [6.07, 6.45) is 0. The summed E-state index contributed by atoms with van der Waals surface area (Å²) in [6.45, 7) is 1.76. The number of carbonyl (C=O) groups is 1. The lowest BCUT2D eigenvalue weighted by Gasteiger charge is -2.12. The maximum Gasteiger partial charge on any atom is 0.275 e. The minimum Gasteiger partial charge on any atom is -0.324 e. The van der Waals surface area contributed by atoms with E-state index in [-0.39, 0.29) is 18.0 Å². The Kier molecular flexibility index (Phi) is 6.58. The molecule has 0 spiro atoms. The Morgan fingerprint density at radius 3 is 2.07 bits per heavy atom. The largest absolute Gasteiger partial charge is 0.324 e. The van der Waals surface area contributed by atoms with Crippen LogP contribution < -0.4 is 10.9 Å². The van der Waals surface area contributed by atoms with Gasteiger partial charge in [-0.15, -0.1) is 0 Å². The number of fused-ring (bicyclic) bond motifs is 6. The Morgan fingerprint density at radius 1 is 0.739 bits per heavy atom. The third kappa shape index (κ3) is 4.76. The smallest absolute Gasteiger partial charge is 0.275 e. The molecule has 8 rings (SSSR count). The van der Waals surface area contributed by atoms with Crippen molar-refractivity contribution in [1.82, 2.24) is 24.4 Å². The summed E-state index contributed by atoms with van der Waals surface area (Å²) in [5.41, 5.74) is 6.74. The first-order chi connectivity index (χ1) is 22.4. The minimum absolute atomic E-state index is 0.253. The van der Waals surface area contributed by atoms with E-state index >= 15 is 0 Å². The van der Waals surface area contributed by atoms with Gasteiger partial charge in [-0.3, -0.25) is 9.59 Å². The number of hydrogen-bond donors (Lipinski definition) is 1. The van der Waals surface area contributed by atoms with Gasteiger partial charge in [-0.25, -0.2) is 14.2 Å². The number of carbonyl (C=O) groups excluding carboxylic acids is 1. The van der Waals surface area contributed by atoms with E-state index in [1.54, 1.807) is 16.6 Å². The van der Waals surface area contributed by atoms with Gasteiger partial charge in [0.15, 0.2) is 5.65 Å². The number of benzene rings is 5. The maximum absolute atomic E-state index is 13.4. The minimum atomic E-state index is -0.381. The molecule has 0 aliphatic carbocycles. The van der Waals surface area contributed by atoms with Crippen LogP contribution >= 0.6 is 11.6 Å². The van der Waals surface area contributed by atoms with E-state index in [4.69, 9.17) is 21.7 Å². The van der Waals surface area contributed by atoms with Crippen molar-refractivity contribution in [3.63, 3.8) is 0 Å². The number of nitrogens with one attached hydrogen (secondary N) is 1. The van der Waals surface area contributed by atoms with Gasteiger partial charge in [0, 0.05) is 38.0 Å². The second-order valence-corrected chi connectivity index (χ2v) is 11.7. The molecule has 1 amide bonds. The second-order valence-electron chi connectivity index (χ2n) is 11.2. The predicted molar refractivity (Wildman–Crippen MR) is 183 cm³/mol. The number of amides is 1. The van der Waals surface area contributed by atoms with E-state index in [2.05, 4.69) is 10.4 Å². The zero-order valence-electron chi connectivity index (χ0n) is 24.6. The lowest BCUT2D eigenvalue weighted by Crippen LogP contribution is -2.30. The molecule has 0 fully saturated rings. The Labute approximate surface area is 267 Å². The van der Waals surface area contributed by atoms with Gasteiger partial charge in [0.25, 0.3) is 5.56 Å². The quantitative estimate of drug-likeness (QED) is 0.213. The number of nitrogens with zero attached hydrogens (tertiary/aromatic N) is 5. The normalized spacial score (nSPS) is 11.5. The Bertz CT molecular complexity index is 2540. The molecule has 3 heterocycles. The fourth-order valence-electron chi connectivity index (χ4n) is 5.88. The molecule has 0 saturated heterocycles. The van der Waals surface area contributed by atoms with Gasteiger partial charge in [0.1, 0.15) is 6.54 Å². The third-order valence-electron chi connectivity index (χ3n) is 8.14. The van der Waals surface area contributed by atoms with Crippen molar-refractivity contribution in [2.24, 2.45) is 0 Å². The van der Waals surface area contributed by atoms with Gasteiger partial charge in [-0.2, -0.15) is 10.2 Å². The van der Waals surface area contributed by atoms with Crippen molar-refractivity contribution >= 4 is 61.4 Å². The predicted octanol–water partition coefficient (Wildman–Crippen LogP) is 7.68. The highest BCUT2D eigenvalue weighted by Gasteiger charge is 2.17. The molecule has 0 aliphatic heterocycles. The summed E-state index contributed by atoms with van der Waals surface area (Å²) in [5.74, 6) is -0.381. The monoisotopic (exact) mass is 620 g/mol. The van der Waals surface area contributed by atoms with Gasteiger partial charge in [-0.05, 0) is 43.3 Å². The molecular formula is C37H25ClN6O2. The van der Waals surface area contributed by atoms with Crippen molar-refractivity contribution in [1.29, 1.82) is 0 Å². The molecule has 0 saturated carbocycles. The third-order valence-corrected chi connectivity index (χ3v) is 8.39. The number of hydrogen-bond acceptors (Lipinski definition) is 5. The van der Waals surface area contributed by atoms with Crippen LogP contribution in [0.25, 0.3) is 60.7 Å². The van der Waals surface area contributed by atoms with Gasteiger partial charge < -0.3 is 5.32 Å². The SMILES string of the molecule is Cc1ccc(-c2nn(CC(=O)Nc3ccc4nc5c6ccccc6c(-c6ccc(Cl)cc6)nn5c4c3)c(=O)c3ccccc23)cc1. The van der Waals surface area contributed by atoms with Crippen LogP contribution in [0.2, 0.25) is 5.02 Å². The molecule has 3 aromatic heterocycles. The molecule has 8 aromatic rings. The van der Waals surface area contributed by atoms with Crippen molar-refractivity contribution < 1.29 is 4.79 Å². The molecule has 0 atom stereocenters. The molecule has 5 aromatic carbocycles. The van der Waals surface area contributed by atoms with Crippen molar-refractivity contribution in [2.45, 2.75) is 13.5 Å². The highest BCUT2D eigenvalue weighted by atomic mass is 35.5. The first-order valence-corrected chi connectivity index (χ1v) is 15.1. The zero-order valence-corrected chi connectivity index (χ0v) is 25.4. The van der Waals surface area contributed by atoms with E-state index in [9.17, 15) is 9.59 Å². The molecule has 0 unspecified atom stereocenters. The average molecular weight is 621 g/mol. The van der Waals surface area contributed by atoms with E-state index < -0.39 is 0 Å². The van der Waals surface area contributed by atoms with E-state index in [0.29, 0.717) is 27.4 Å². The number of imidazole rings is 1. The fraction of sp³-hybridized carbons (Fsp3) is 0.0541. The van der Waals surface area contributed by atoms with Crippen molar-refractivity contribution in [2.75, 3.05) is 5.32 Å². The second kappa shape index (κ2) is 10.9. The average Bonchev–Trinajstić information content (AvgIpc) is 3.45. The number of anilines is 1. The number of halogens is 1. The summed E-state index contributed by atoms with van der Waals surface area (Å²) < 4.78 is 3.03. The standard InChI is InChI=1S/C37H25ClN6O2/c1-22-10-12-23(13-11-22)34-28-7-3-5-9-30(28)37(46)43(41-34)21-33(45)39-26-18-19-31-32(20-26)44-36(40-31)29-8-4-2-6-27(29)35(42-44)24-14-16-25(38)17-15-24/h2-20H,21H2,1H3,(H,39,45). The maximum atomic E-state index is 13.4. The number of aromatic nitrogens is 5. The molecular weight excluding hydrogens is 596 g/mol. The van der Waals surface area contributed by atoms with Gasteiger partial charge in [0.05, 0.1) is 27.8 Å². The first kappa shape index (κ1) is 27.7. The molecule has 0 radical (unpaired) electrons. The summed E-state index contributed by atoms with van der Waals surface area (Å²) >= 11 is 6.17. The molecule has 46 heavy (non-hydrogen) atoms. The van der Waals surface area contributed by atoms with Crippen LogP contribution in [0.15, 0.2) is 120 Å². The summed E-state index contributed by atoms with van der Waals surface area (Å²) in [6, 6.07) is 36.4. The highest BCUT2D eigenvalue weighted by molar-refractivity contribution is 6.30. The van der Waals surface area contributed by atoms with Crippen LogP contribution in [-0.4, -0.2) is 30.3 Å². The van der Waals surface area contributed by atoms with Crippen LogP contribution in [0.1, 0.15) is 5.56 Å². The topological polar surface area (TPSA) is 94.2 Å². The van der Waals surface area contributed by atoms with Gasteiger partial charge in [0.2, 0.25) is 5.91 Å². The number of aryl methyl sites for hydroxylation is 1. The Balaban J connectivity index is 1.17. The highest BCUT2D eigenvalue weighted by Crippen LogP contribution is 2.32. The van der Waals surface area contributed by atoms with Gasteiger partial charge >= 0.3 is 0 Å². The Hall–Kier alpha value is -5.86. The molecule has 9 heteroatoms. The summed E-state index contributed by atoms with van der Waals surface area (Å²) in [4.78, 5) is 31.7. The van der Waals surface area contributed by atoms with Gasteiger partial charge in [-0.1, -0.05) is 96.0 Å². The van der Waals surface area contributed by atoms with Crippen LogP contribution in [-0.2, 0) is 11.3 Å². The van der Waals surface area contributed by atoms with Crippen LogP contribution in [0.3, 0.4) is 0 Å². The molecule has 222 valence electrons. The van der Waals surface area contributed by atoms with Crippen LogP contribution in [0.4, 0.5) is 5.69 Å². The zero-order chi connectivity index (χ0) is 31.4. The van der Waals surface area contributed by atoms with Crippen LogP contribution in [0.5, 0.6) is 0 Å². The number of rotatable bonds is 5. The lowest BCUT2D eigenvalue weighted by atomic mass is 10.0. The van der Waals surface area contributed by atoms with Crippen molar-refractivity contribution in [3.8, 4) is 22.5 Å². The molecule has 0 aliphatic rings. The summed E-state index contributed by atoms with van der Waals surface area (Å²) in [5, 5.41) is 16.4. The molecule has 8 nitrogen and oxygen atoms in total. The fourth-order valence-corrected chi connectivity index (χ4v) is 6.01. The van der Waals surface area contributed by atoms with E-state index in [0.717, 1.165) is 49.6 Å². The first-order valence-electron chi connectivity index (χ1n) is 14.8. The van der Waals surface area contributed by atoms with E-state index in [1.807, 2.05) is 110 Å². The summed E-state index contributed by atoms with van der Waals surface area (Å²) in [7, 11) is 0. The Morgan fingerprint density at radius 2 is 1.35 bits per heavy atom. The van der Waals surface area contributed by atoms with Crippen molar-refractivity contribution in [3.05, 3.63) is 136 Å². The molecule has 1 N–H and O–H groups in total.